The summed E-state index contributed by atoms with van der Waals surface area (Å²) in [6.07, 6.45) is 4.75. The zero-order chi connectivity index (χ0) is 15.8. The lowest BCUT2D eigenvalue weighted by molar-refractivity contribution is -0.111. The van der Waals surface area contributed by atoms with E-state index >= 15 is 0 Å². The van der Waals surface area contributed by atoms with Gasteiger partial charge in [0.1, 0.15) is 5.75 Å². The number of anilines is 1. The first-order valence-corrected chi connectivity index (χ1v) is 6.94. The summed E-state index contributed by atoms with van der Waals surface area (Å²) >= 11 is 0. The Hall–Kier alpha value is -2.82. The average molecular weight is 298 g/mol. The number of hydrogen-bond donors (Lipinski definition) is 1. The molecule has 1 aromatic carbocycles. The third kappa shape index (κ3) is 4.34. The molecule has 2 aromatic rings. The maximum Gasteiger partial charge on any atom is 0.249 e. The van der Waals surface area contributed by atoms with E-state index in [1.165, 1.54) is 6.08 Å². The van der Waals surface area contributed by atoms with Crippen molar-refractivity contribution in [3.63, 3.8) is 0 Å². The second-order valence-electron chi connectivity index (χ2n) is 4.38. The van der Waals surface area contributed by atoms with Gasteiger partial charge in [-0.15, -0.1) is 0 Å². The number of amides is 1. The van der Waals surface area contributed by atoms with Crippen LogP contribution in [0.2, 0.25) is 0 Å². The molecule has 1 heterocycles. The fraction of sp³-hybridized carbons (Fsp3) is 0.176. The van der Waals surface area contributed by atoms with Crippen molar-refractivity contribution in [2.24, 2.45) is 0 Å². The number of methoxy groups -OCH3 is 1. The topological polar surface area (TPSA) is 60.5 Å². The predicted octanol–water partition coefficient (Wildman–Crippen LogP) is 3.14. The number of nitrogens with one attached hydrogen (secondary N) is 1. The molecule has 0 saturated carbocycles. The van der Waals surface area contributed by atoms with Crippen LogP contribution in [0.15, 0.2) is 48.7 Å². The van der Waals surface area contributed by atoms with Crippen LogP contribution in [-0.2, 0) is 4.79 Å². The molecular formula is C17H18N2O3. The Kier molecular flexibility index (Phi) is 5.54. The van der Waals surface area contributed by atoms with Gasteiger partial charge in [0.2, 0.25) is 5.91 Å². The van der Waals surface area contributed by atoms with Crippen molar-refractivity contribution in [3.05, 3.63) is 54.2 Å². The standard InChI is InChI=1S/C17H18N2O3/c1-3-22-15-8-5-11-18-17(15)19-16(20)10-9-13-6-4-7-14(12-13)21-2/h4-12H,3H2,1-2H3,(H,18,19,20)/b10-9+. The number of rotatable bonds is 6. The quantitative estimate of drug-likeness (QED) is 0.832. The number of benzene rings is 1. The van der Waals surface area contributed by atoms with Gasteiger partial charge in [0.15, 0.2) is 11.6 Å². The number of hydrogen-bond acceptors (Lipinski definition) is 4. The fourth-order valence-electron chi connectivity index (χ4n) is 1.83. The van der Waals surface area contributed by atoms with E-state index < -0.39 is 0 Å². The molecule has 1 amide bonds. The highest BCUT2D eigenvalue weighted by molar-refractivity contribution is 6.02. The van der Waals surface area contributed by atoms with Crippen molar-refractivity contribution in [3.8, 4) is 11.5 Å². The van der Waals surface area contributed by atoms with Gasteiger partial charge in [-0.05, 0) is 42.8 Å². The van der Waals surface area contributed by atoms with Gasteiger partial charge in [-0.25, -0.2) is 4.98 Å². The highest BCUT2D eigenvalue weighted by Gasteiger charge is 2.06. The molecule has 0 aliphatic heterocycles. The van der Waals surface area contributed by atoms with Crippen LogP contribution in [0, 0.1) is 0 Å². The zero-order valence-electron chi connectivity index (χ0n) is 12.6. The number of aromatic nitrogens is 1. The minimum Gasteiger partial charge on any atom is -0.497 e. The average Bonchev–Trinajstić information content (AvgIpc) is 2.55. The van der Waals surface area contributed by atoms with Crippen molar-refractivity contribution < 1.29 is 14.3 Å². The molecule has 114 valence electrons. The molecule has 1 N–H and O–H groups in total. The fourth-order valence-corrected chi connectivity index (χ4v) is 1.83. The molecule has 0 saturated heterocycles. The van der Waals surface area contributed by atoms with Crippen LogP contribution in [0.25, 0.3) is 6.08 Å². The van der Waals surface area contributed by atoms with Gasteiger partial charge in [0, 0.05) is 12.3 Å². The maximum absolute atomic E-state index is 12.0. The third-order valence-corrected chi connectivity index (χ3v) is 2.83. The lowest BCUT2D eigenvalue weighted by Crippen LogP contribution is -2.10. The molecule has 5 nitrogen and oxygen atoms in total. The lowest BCUT2D eigenvalue weighted by atomic mass is 10.2. The van der Waals surface area contributed by atoms with Crippen LogP contribution in [0.5, 0.6) is 11.5 Å². The SMILES string of the molecule is CCOc1cccnc1NC(=O)/C=C/c1cccc(OC)c1. The van der Waals surface area contributed by atoms with Crippen LogP contribution in [0.1, 0.15) is 12.5 Å². The van der Waals surface area contributed by atoms with E-state index in [0.717, 1.165) is 11.3 Å². The molecule has 0 aliphatic rings. The summed E-state index contributed by atoms with van der Waals surface area (Å²) in [6, 6.07) is 11.0. The summed E-state index contributed by atoms with van der Waals surface area (Å²) in [5.41, 5.74) is 0.876. The molecule has 0 atom stereocenters. The molecule has 0 unspecified atom stereocenters. The highest BCUT2D eigenvalue weighted by atomic mass is 16.5. The number of ether oxygens (including phenoxy) is 2. The van der Waals surface area contributed by atoms with Crippen molar-refractivity contribution in [1.29, 1.82) is 0 Å². The van der Waals surface area contributed by atoms with Crippen molar-refractivity contribution >= 4 is 17.8 Å². The van der Waals surface area contributed by atoms with Crippen LogP contribution in [-0.4, -0.2) is 24.6 Å². The Morgan fingerprint density at radius 1 is 1.32 bits per heavy atom. The zero-order valence-corrected chi connectivity index (χ0v) is 12.6. The normalized spacial score (nSPS) is 10.5. The first kappa shape index (κ1) is 15.6. The Bertz CT molecular complexity index is 668. The number of carbonyl (C=O) groups is 1. The second-order valence-corrected chi connectivity index (χ2v) is 4.38. The molecule has 0 bridgehead atoms. The predicted molar refractivity (Wildman–Crippen MR) is 86.1 cm³/mol. The number of carbonyl (C=O) groups excluding carboxylic acids is 1. The van der Waals surface area contributed by atoms with Crippen LogP contribution >= 0.6 is 0 Å². The Balaban J connectivity index is 2.05. The maximum atomic E-state index is 12.0. The summed E-state index contributed by atoms with van der Waals surface area (Å²) in [6.45, 7) is 2.38. The van der Waals surface area contributed by atoms with E-state index in [4.69, 9.17) is 9.47 Å². The van der Waals surface area contributed by atoms with Gasteiger partial charge < -0.3 is 14.8 Å². The van der Waals surface area contributed by atoms with Gasteiger partial charge in [0.05, 0.1) is 13.7 Å². The monoisotopic (exact) mass is 298 g/mol. The summed E-state index contributed by atoms with van der Waals surface area (Å²) in [5, 5.41) is 2.70. The largest absolute Gasteiger partial charge is 0.497 e. The van der Waals surface area contributed by atoms with Crippen LogP contribution in [0.4, 0.5) is 5.82 Å². The van der Waals surface area contributed by atoms with Gasteiger partial charge >= 0.3 is 0 Å². The molecule has 5 heteroatoms. The minimum absolute atomic E-state index is 0.275. The molecule has 22 heavy (non-hydrogen) atoms. The van der Waals surface area contributed by atoms with Gasteiger partial charge in [0.25, 0.3) is 0 Å². The van der Waals surface area contributed by atoms with E-state index in [-0.39, 0.29) is 5.91 Å². The summed E-state index contributed by atoms with van der Waals surface area (Å²) in [4.78, 5) is 16.1. The molecular weight excluding hydrogens is 280 g/mol. The molecule has 0 radical (unpaired) electrons. The summed E-state index contributed by atoms with van der Waals surface area (Å²) in [7, 11) is 1.60. The van der Waals surface area contributed by atoms with Crippen LogP contribution < -0.4 is 14.8 Å². The van der Waals surface area contributed by atoms with Gasteiger partial charge in [-0.3, -0.25) is 4.79 Å². The van der Waals surface area contributed by atoms with E-state index in [2.05, 4.69) is 10.3 Å². The van der Waals surface area contributed by atoms with Gasteiger partial charge in [-0.1, -0.05) is 12.1 Å². The Labute approximate surface area is 129 Å². The molecule has 2 rings (SSSR count). The number of nitrogens with zero attached hydrogens (tertiary/aromatic N) is 1. The van der Waals surface area contributed by atoms with E-state index in [9.17, 15) is 4.79 Å². The van der Waals surface area contributed by atoms with Gasteiger partial charge in [-0.2, -0.15) is 0 Å². The Morgan fingerprint density at radius 3 is 2.95 bits per heavy atom. The highest BCUT2D eigenvalue weighted by Crippen LogP contribution is 2.20. The lowest BCUT2D eigenvalue weighted by Gasteiger charge is -2.08. The van der Waals surface area contributed by atoms with Crippen molar-refractivity contribution in [2.75, 3.05) is 19.0 Å². The minimum atomic E-state index is -0.275. The second kappa shape index (κ2) is 7.83. The molecule has 1 aromatic heterocycles. The summed E-state index contributed by atoms with van der Waals surface area (Å²) < 4.78 is 10.6. The molecule has 0 aliphatic carbocycles. The first-order valence-electron chi connectivity index (χ1n) is 6.94. The third-order valence-electron chi connectivity index (χ3n) is 2.83. The molecule has 0 spiro atoms. The number of pyridine rings is 1. The smallest absolute Gasteiger partial charge is 0.249 e. The Morgan fingerprint density at radius 2 is 2.18 bits per heavy atom. The first-order chi connectivity index (χ1) is 10.7. The van der Waals surface area contributed by atoms with Crippen LogP contribution in [0.3, 0.4) is 0 Å². The van der Waals surface area contributed by atoms with Crippen molar-refractivity contribution in [1.82, 2.24) is 4.98 Å². The molecule has 0 fully saturated rings. The summed E-state index contributed by atoms with van der Waals surface area (Å²) in [5.74, 6) is 1.42. The van der Waals surface area contributed by atoms with Crippen molar-refractivity contribution in [2.45, 2.75) is 6.92 Å². The van der Waals surface area contributed by atoms with E-state index in [1.54, 1.807) is 31.5 Å². The van der Waals surface area contributed by atoms with E-state index in [0.29, 0.717) is 18.2 Å². The van der Waals surface area contributed by atoms with E-state index in [1.807, 2.05) is 31.2 Å².